The van der Waals surface area contributed by atoms with Gasteiger partial charge in [0, 0.05) is 18.7 Å². The van der Waals surface area contributed by atoms with Gasteiger partial charge in [0.1, 0.15) is 0 Å². The molecule has 0 saturated carbocycles. The maximum absolute atomic E-state index is 10.8. The number of rotatable bonds is 3. The Balaban J connectivity index is 2.18. The highest BCUT2D eigenvalue weighted by Crippen LogP contribution is 2.19. The van der Waals surface area contributed by atoms with Crippen LogP contribution < -0.4 is 0 Å². The van der Waals surface area contributed by atoms with Gasteiger partial charge in [-0.3, -0.25) is 10.00 Å². The van der Waals surface area contributed by atoms with E-state index in [9.17, 15) is 4.79 Å². The Kier molecular flexibility index (Phi) is 2.73. The van der Waals surface area contributed by atoms with Crippen LogP contribution in [0.1, 0.15) is 35.1 Å². The summed E-state index contributed by atoms with van der Waals surface area (Å²) in [7, 11) is 0. The number of nitrogens with zero attached hydrogens (tertiary/aromatic N) is 2. The molecule has 0 aromatic carbocycles. The average molecular weight is 209 g/mol. The molecule has 2 rings (SSSR count). The molecular formula is C10H15N3O2. The molecule has 2 N–H and O–H groups in total. The molecule has 2 heterocycles. The third kappa shape index (κ3) is 1.87. The summed E-state index contributed by atoms with van der Waals surface area (Å²) >= 11 is 0. The average Bonchev–Trinajstić information content (AvgIpc) is 2.61. The first-order chi connectivity index (χ1) is 7.22. The lowest BCUT2D eigenvalue weighted by Crippen LogP contribution is -2.31. The monoisotopic (exact) mass is 209 g/mol. The van der Waals surface area contributed by atoms with Crippen LogP contribution in [-0.4, -0.2) is 39.3 Å². The molecule has 0 saturated heterocycles. The van der Waals surface area contributed by atoms with E-state index in [2.05, 4.69) is 22.0 Å². The summed E-state index contributed by atoms with van der Waals surface area (Å²) in [6.07, 6.45) is 1.91. The fraction of sp³-hybridized carbons (Fsp3) is 0.600. The Morgan fingerprint density at radius 2 is 2.47 bits per heavy atom. The minimum absolute atomic E-state index is 0.196. The Labute approximate surface area is 88.1 Å². The molecule has 0 aliphatic carbocycles. The van der Waals surface area contributed by atoms with Gasteiger partial charge in [-0.05, 0) is 19.4 Å². The van der Waals surface area contributed by atoms with E-state index in [0.29, 0.717) is 0 Å². The second-order valence-corrected chi connectivity index (χ2v) is 3.86. The quantitative estimate of drug-likeness (QED) is 0.775. The van der Waals surface area contributed by atoms with Crippen LogP contribution >= 0.6 is 0 Å². The van der Waals surface area contributed by atoms with Crippen molar-refractivity contribution in [2.75, 3.05) is 13.1 Å². The summed E-state index contributed by atoms with van der Waals surface area (Å²) in [5.74, 6) is -0.934. The van der Waals surface area contributed by atoms with E-state index in [0.717, 1.165) is 43.7 Å². The second-order valence-electron chi connectivity index (χ2n) is 3.86. The van der Waals surface area contributed by atoms with E-state index in [1.165, 1.54) is 0 Å². The van der Waals surface area contributed by atoms with E-state index in [1.54, 1.807) is 0 Å². The first-order valence-corrected chi connectivity index (χ1v) is 5.24. The lowest BCUT2D eigenvalue weighted by molar-refractivity contribution is 0.0688. The molecule has 82 valence electrons. The minimum Gasteiger partial charge on any atom is -0.476 e. The Morgan fingerprint density at radius 1 is 1.67 bits per heavy atom. The van der Waals surface area contributed by atoms with Gasteiger partial charge in [0.05, 0.1) is 5.69 Å². The summed E-state index contributed by atoms with van der Waals surface area (Å²) in [4.78, 5) is 13.2. The van der Waals surface area contributed by atoms with Crippen molar-refractivity contribution in [3.05, 3.63) is 17.0 Å². The number of fused-ring (bicyclic) bond motifs is 1. The lowest BCUT2D eigenvalue weighted by Gasteiger charge is -2.25. The van der Waals surface area contributed by atoms with Gasteiger partial charge in [-0.1, -0.05) is 6.92 Å². The number of hydrogen-bond donors (Lipinski definition) is 2. The van der Waals surface area contributed by atoms with Gasteiger partial charge < -0.3 is 5.11 Å². The fourth-order valence-electron chi connectivity index (χ4n) is 2.06. The summed E-state index contributed by atoms with van der Waals surface area (Å²) in [6.45, 7) is 4.93. The Morgan fingerprint density at radius 3 is 3.13 bits per heavy atom. The molecule has 1 aromatic rings. The van der Waals surface area contributed by atoms with E-state index in [-0.39, 0.29) is 5.69 Å². The molecule has 1 aliphatic rings. The zero-order chi connectivity index (χ0) is 10.8. The van der Waals surface area contributed by atoms with E-state index in [4.69, 9.17) is 5.11 Å². The molecule has 5 heteroatoms. The van der Waals surface area contributed by atoms with E-state index in [1.807, 2.05) is 0 Å². The van der Waals surface area contributed by atoms with Crippen molar-refractivity contribution in [2.45, 2.75) is 26.3 Å². The van der Waals surface area contributed by atoms with Gasteiger partial charge in [-0.2, -0.15) is 5.10 Å². The van der Waals surface area contributed by atoms with Gasteiger partial charge in [0.2, 0.25) is 0 Å². The van der Waals surface area contributed by atoms with Gasteiger partial charge in [-0.25, -0.2) is 4.79 Å². The number of aromatic carboxylic acids is 1. The number of nitrogens with one attached hydrogen (secondary N) is 1. The highest BCUT2D eigenvalue weighted by molar-refractivity contribution is 5.87. The van der Waals surface area contributed by atoms with Crippen molar-refractivity contribution >= 4 is 5.97 Å². The van der Waals surface area contributed by atoms with Crippen LogP contribution in [0.15, 0.2) is 0 Å². The summed E-state index contributed by atoms with van der Waals surface area (Å²) in [5.41, 5.74) is 2.04. The van der Waals surface area contributed by atoms with Crippen LogP contribution in [0, 0.1) is 0 Å². The zero-order valence-corrected chi connectivity index (χ0v) is 8.79. The molecule has 0 bridgehead atoms. The van der Waals surface area contributed by atoms with Crippen molar-refractivity contribution in [1.82, 2.24) is 15.1 Å². The van der Waals surface area contributed by atoms with Gasteiger partial charge in [0.25, 0.3) is 0 Å². The first-order valence-electron chi connectivity index (χ1n) is 5.24. The Bertz CT molecular complexity index is 373. The first kappa shape index (κ1) is 10.2. The lowest BCUT2D eigenvalue weighted by atomic mass is 10.0. The third-order valence-corrected chi connectivity index (χ3v) is 2.75. The van der Waals surface area contributed by atoms with Crippen molar-refractivity contribution < 1.29 is 9.90 Å². The number of H-pyrrole nitrogens is 1. The fourth-order valence-corrected chi connectivity index (χ4v) is 2.06. The maximum Gasteiger partial charge on any atom is 0.356 e. The van der Waals surface area contributed by atoms with Crippen molar-refractivity contribution in [1.29, 1.82) is 0 Å². The van der Waals surface area contributed by atoms with Crippen LogP contribution in [0.5, 0.6) is 0 Å². The smallest absolute Gasteiger partial charge is 0.356 e. The molecule has 0 fully saturated rings. The number of aromatic nitrogens is 2. The molecule has 0 radical (unpaired) electrons. The van der Waals surface area contributed by atoms with Crippen molar-refractivity contribution in [3.8, 4) is 0 Å². The summed E-state index contributed by atoms with van der Waals surface area (Å²) < 4.78 is 0. The normalized spacial score (nSPS) is 16.3. The number of hydrogen-bond acceptors (Lipinski definition) is 3. The highest BCUT2D eigenvalue weighted by atomic mass is 16.4. The predicted molar refractivity (Wildman–Crippen MR) is 54.8 cm³/mol. The van der Waals surface area contributed by atoms with Crippen molar-refractivity contribution in [3.63, 3.8) is 0 Å². The number of carbonyl (C=O) groups is 1. The second kappa shape index (κ2) is 4.02. The molecule has 15 heavy (non-hydrogen) atoms. The standard InChI is InChI=1S/C10H15N3O2/c1-2-4-13-5-3-7-8(6-13)11-12-9(7)10(14)15/h2-6H2,1H3,(H,11,12)(H,14,15). The maximum atomic E-state index is 10.8. The molecule has 1 aromatic heterocycles. The SMILES string of the molecule is CCCN1CCc2c(C(=O)O)n[nH]c2C1. The van der Waals surface area contributed by atoms with Crippen LogP contribution in [0.3, 0.4) is 0 Å². The summed E-state index contributed by atoms with van der Waals surface area (Å²) in [6, 6.07) is 0. The topological polar surface area (TPSA) is 69.2 Å². The Hall–Kier alpha value is -1.36. The van der Waals surface area contributed by atoms with Crippen LogP contribution in [0.25, 0.3) is 0 Å². The van der Waals surface area contributed by atoms with E-state index >= 15 is 0 Å². The molecule has 0 spiro atoms. The van der Waals surface area contributed by atoms with Crippen molar-refractivity contribution in [2.24, 2.45) is 0 Å². The van der Waals surface area contributed by atoms with Crippen LogP contribution in [0.4, 0.5) is 0 Å². The number of carboxylic acid groups (broad SMARTS) is 1. The molecule has 1 aliphatic heterocycles. The van der Waals surface area contributed by atoms with Gasteiger partial charge in [0.15, 0.2) is 5.69 Å². The largest absolute Gasteiger partial charge is 0.476 e. The summed E-state index contributed by atoms with van der Waals surface area (Å²) in [5, 5.41) is 15.6. The van der Waals surface area contributed by atoms with Gasteiger partial charge >= 0.3 is 5.97 Å². The molecule has 0 amide bonds. The molecule has 0 unspecified atom stereocenters. The minimum atomic E-state index is -0.934. The van der Waals surface area contributed by atoms with E-state index < -0.39 is 5.97 Å². The number of carboxylic acids is 1. The molecule has 5 nitrogen and oxygen atoms in total. The zero-order valence-electron chi connectivity index (χ0n) is 8.79. The van der Waals surface area contributed by atoms with Crippen LogP contribution in [0.2, 0.25) is 0 Å². The van der Waals surface area contributed by atoms with Gasteiger partial charge in [-0.15, -0.1) is 0 Å². The highest BCUT2D eigenvalue weighted by Gasteiger charge is 2.24. The predicted octanol–water partition coefficient (Wildman–Crippen LogP) is 0.876. The third-order valence-electron chi connectivity index (χ3n) is 2.75. The van der Waals surface area contributed by atoms with Crippen LogP contribution in [-0.2, 0) is 13.0 Å². The number of aromatic amines is 1. The molecule has 0 atom stereocenters. The molecular weight excluding hydrogens is 194 g/mol.